The molecule has 1 amide bonds. The molecule has 26 heavy (non-hydrogen) atoms. The van der Waals surface area contributed by atoms with Gasteiger partial charge in [0.2, 0.25) is 0 Å². The Bertz CT molecular complexity index is 604. The van der Waals surface area contributed by atoms with Crippen molar-refractivity contribution in [2.24, 2.45) is 11.8 Å². The van der Waals surface area contributed by atoms with Crippen LogP contribution < -0.4 is 5.19 Å². The van der Waals surface area contributed by atoms with Crippen molar-refractivity contribution in [3.63, 3.8) is 0 Å². The Hall–Kier alpha value is -0.899. The molecule has 1 fully saturated rings. The van der Waals surface area contributed by atoms with Crippen molar-refractivity contribution < 1.29 is 26.5 Å². The molecule has 0 bridgehead atoms. The van der Waals surface area contributed by atoms with Crippen LogP contribution in [0.4, 0.5) is 0 Å². The van der Waals surface area contributed by atoms with Gasteiger partial charge in [0.05, 0.1) is 15.4 Å². The number of nitrogens with one attached hydrogen (secondary N) is 1. The minimum absolute atomic E-state index is 0. The summed E-state index contributed by atoms with van der Waals surface area (Å²) in [5, 5.41) is 1.49. The first-order valence-corrected chi connectivity index (χ1v) is 11.0. The summed E-state index contributed by atoms with van der Waals surface area (Å²) < 4.78 is 0. The second kappa shape index (κ2) is 13.3. The largest absolute Gasteiger partial charge is 2.00 e. The second-order valence-corrected chi connectivity index (χ2v) is 8.09. The fraction of sp³-hybridized carbons (Fsp3) is 0.500. The number of rotatable bonds is 2. The van der Waals surface area contributed by atoms with Crippen LogP contribution in [0, 0.1) is 17.9 Å². The first kappa shape index (κ1) is 25.1. The van der Waals surface area contributed by atoms with Crippen LogP contribution in [-0.4, -0.2) is 15.4 Å². The molecule has 3 rings (SSSR count). The van der Waals surface area contributed by atoms with E-state index in [-0.39, 0.29) is 33.5 Å². The van der Waals surface area contributed by atoms with Crippen molar-refractivity contribution in [3.8, 4) is 0 Å². The van der Waals surface area contributed by atoms with Gasteiger partial charge in [-0.2, -0.15) is 11.1 Å². The van der Waals surface area contributed by atoms with Crippen LogP contribution in [0.1, 0.15) is 53.4 Å². The normalized spacial score (nSPS) is 18.8. The molecule has 1 aromatic rings. The molecular weight excluding hydrogens is 370 g/mol. The van der Waals surface area contributed by atoms with Gasteiger partial charge in [-0.05, 0) is 12.8 Å². The minimum atomic E-state index is -0.359. The van der Waals surface area contributed by atoms with Gasteiger partial charge in [0, 0.05) is 5.92 Å². The zero-order valence-corrected chi connectivity index (χ0v) is 19.6. The van der Waals surface area contributed by atoms with E-state index >= 15 is 0 Å². The van der Waals surface area contributed by atoms with Gasteiger partial charge in [-0.1, -0.05) is 81.6 Å². The van der Waals surface area contributed by atoms with Crippen LogP contribution in [0.3, 0.4) is 0 Å². The number of carbonyl (C=O) groups is 1. The van der Waals surface area contributed by atoms with E-state index in [1.807, 2.05) is 0 Å². The third kappa shape index (κ3) is 8.66. The van der Waals surface area contributed by atoms with E-state index in [0.29, 0.717) is 15.4 Å². The Morgan fingerprint density at radius 3 is 1.88 bits per heavy atom. The van der Waals surface area contributed by atoms with E-state index in [4.69, 9.17) is 5.73 Å². The van der Waals surface area contributed by atoms with Crippen LogP contribution in [0.15, 0.2) is 47.1 Å². The maximum atomic E-state index is 10.3. The summed E-state index contributed by atoms with van der Waals surface area (Å²) in [4.78, 5) is 10.3. The standard InChI is InChI=1S/C9H13.C7H9Si.C6H11NO.Ti/c1-6-5-7(2)9(4)8(6)3;1-8-7-5-3-2-4-6-7;7-6(8)5-3-1-2-4-5;/h6H,1-4H3;2-6,8H,1H3;5H,1-4H2,(H2,7,8);/q-1;;;+2/p-1. The quantitative estimate of drug-likeness (QED) is 0.491. The molecule has 0 saturated heterocycles. The van der Waals surface area contributed by atoms with Gasteiger partial charge in [0.25, 0.3) is 0 Å². The van der Waals surface area contributed by atoms with Crippen molar-refractivity contribution >= 4 is 20.6 Å². The summed E-state index contributed by atoms with van der Waals surface area (Å²) in [6.07, 6.45) is 7.58. The van der Waals surface area contributed by atoms with Gasteiger partial charge in [-0.15, -0.1) is 6.92 Å². The van der Waals surface area contributed by atoms with E-state index in [2.05, 4.69) is 70.6 Å². The Balaban J connectivity index is 0.000000355. The van der Waals surface area contributed by atoms with E-state index in [1.54, 1.807) is 0 Å². The molecule has 1 aromatic carbocycles. The SMILES string of the molecule is CC1=[C-]C(C)C(C)=C1C.C[SiH]c1ccccc1.[NH-]C(=O)C1CCCC1.[Ti+2]. The molecule has 139 valence electrons. The summed E-state index contributed by atoms with van der Waals surface area (Å²) in [7, 11) is 0.511. The van der Waals surface area contributed by atoms with Crippen LogP contribution in [0.25, 0.3) is 5.73 Å². The van der Waals surface area contributed by atoms with Crippen molar-refractivity contribution in [1.29, 1.82) is 0 Å². The summed E-state index contributed by atoms with van der Waals surface area (Å²) in [5.74, 6) is 0.294. The number of hydrogen-bond donors (Lipinski definition) is 0. The van der Waals surface area contributed by atoms with Crippen LogP contribution in [0.2, 0.25) is 6.55 Å². The molecule has 1 radical (unpaired) electrons. The monoisotopic (exact) mass is 402 g/mol. The van der Waals surface area contributed by atoms with Gasteiger partial charge in [0.15, 0.2) is 0 Å². The molecule has 1 unspecified atom stereocenters. The number of amides is 1. The zero-order chi connectivity index (χ0) is 18.8. The first-order chi connectivity index (χ1) is 11.9. The van der Waals surface area contributed by atoms with Gasteiger partial charge in [0.1, 0.15) is 0 Å². The number of allylic oxidation sites excluding steroid dienone is 4. The van der Waals surface area contributed by atoms with E-state index in [0.717, 1.165) is 25.7 Å². The molecular formula is C22H32NOSiTi. The van der Waals surface area contributed by atoms with Crippen LogP contribution in [0.5, 0.6) is 0 Å². The minimum Gasteiger partial charge on any atom is -0.668 e. The van der Waals surface area contributed by atoms with Gasteiger partial charge in [-0.3, -0.25) is 6.08 Å². The van der Waals surface area contributed by atoms with E-state index < -0.39 is 0 Å². The third-order valence-electron chi connectivity index (χ3n) is 5.10. The fourth-order valence-electron chi connectivity index (χ4n) is 3.00. The van der Waals surface area contributed by atoms with Crippen molar-refractivity contribution in [3.05, 3.63) is 58.9 Å². The van der Waals surface area contributed by atoms with E-state index in [9.17, 15) is 4.79 Å². The second-order valence-electron chi connectivity index (χ2n) is 6.84. The molecule has 2 aliphatic rings. The Kier molecular flexibility index (Phi) is 12.8. The van der Waals surface area contributed by atoms with Crippen molar-refractivity contribution in [1.82, 2.24) is 0 Å². The smallest absolute Gasteiger partial charge is 0.668 e. The molecule has 0 aromatic heterocycles. The molecule has 2 aliphatic carbocycles. The molecule has 0 heterocycles. The topological polar surface area (TPSA) is 40.9 Å². The predicted octanol–water partition coefficient (Wildman–Crippen LogP) is 5.27. The maximum absolute atomic E-state index is 10.3. The Morgan fingerprint density at radius 2 is 1.65 bits per heavy atom. The first-order valence-electron chi connectivity index (χ1n) is 9.24. The molecule has 1 saturated carbocycles. The Labute approximate surface area is 177 Å². The molecule has 0 spiro atoms. The summed E-state index contributed by atoms with van der Waals surface area (Å²) in [6, 6.07) is 10.6. The van der Waals surface area contributed by atoms with Gasteiger partial charge >= 0.3 is 21.7 Å². The molecule has 1 N–H and O–H groups in total. The number of hydrogen-bond acceptors (Lipinski definition) is 1. The molecule has 0 aliphatic heterocycles. The fourth-order valence-corrected chi connectivity index (χ4v) is 3.60. The molecule has 2 nitrogen and oxygen atoms in total. The van der Waals surface area contributed by atoms with Crippen molar-refractivity contribution in [2.75, 3.05) is 0 Å². The van der Waals surface area contributed by atoms with E-state index in [1.165, 1.54) is 21.9 Å². The third-order valence-corrected chi connectivity index (χ3v) is 6.15. The number of carbonyl (C=O) groups excluding carboxylic acids is 1. The Morgan fingerprint density at radius 1 is 1.12 bits per heavy atom. The average Bonchev–Trinajstić information content (AvgIpc) is 3.23. The average molecular weight is 402 g/mol. The van der Waals surface area contributed by atoms with Gasteiger partial charge in [-0.25, -0.2) is 5.57 Å². The van der Waals surface area contributed by atoms with Gasteiger partial charge < -0.3 is 10.5 Å². The summed E-state index contributed by atoms with van der Waals surface area (Å²) >= 11 is 0. The maximum Gasteiger partial charge on any atom is 2.00 e. The zero-order valence-electron chi connectivity index (χ0n) is 16.9. The predicted molar refractivity (Wildman–Crippen MR) is 110 cm³/mol. The summed E-state index contributed by atoms with van der Waals surface area (Å²) in [6.45, 7) is 10.9. The molecule has 1 atom stereocenters. The molecule has 4 heteroatoms. The van der Waals surface area contributed by atoms with Crippen LogP contribution in [-0.2, 0) is 26.5 Å². The van der Waals surface area contributed by atoms with Crippen molar-refractivity contribution in [2.45, 2.75) is 59.9 Å². The summed E-state index contributed by atoms with van der Waals surface area (Å²) in [5.41, 5.74) is 11.0. The van der Waals surface area contributed by atoms with Crippen LogP contribution >= 0.6 is 0 Å². The number of benzene rings is 1.